The molecular weight excluding hydrogens is 484 g/mol. The average Bonchev–Trinajstić information content (AvgIpc) is 2.65. The van der Waals surface area contributed by atoms with Gasteiger partial charge in [-0.3, -0.25) is 0 Å². The first-order valence-corrected chi connectivity index (χ1v) is 12.2. The molecule has 0 aliphatic heterocycles. The molecule has 13 heteroatoms. The number of nitrogens with one attached hydrogen (secondary N) is 1. The third-order valence-corrected chi connectivity index (χ3v) is 8.79. The predicted molar refractivity (Wildman–Crippen MR) is 102 cm³/mol. The summed E-state index contributed by atoms with van der Waals surface area (Å²) in [5, 5.41) is -0.952. The van der Waals surface area contributed by atoms with Crippen LogP contribution in [-0.2, 0) is 32.2 Å². The Morgan fingerprint density at radius 1 is 0.781 bits per heavy atom. The van der Waals surface area contributed by atoms with Gasteiger partial charge in [-0.05, 0) is 61.2 Å². The van der Waals surface area contributed by atoms with Crippen LogP contribution in [0.25, 0.3) is 0 Å². The molecule has 0 aromatic heterocycles. The summed E-state index contributed by atoms with van der Waals surface area (Å²) in [6.07, 6.45) is -9.23. The van der Waals surface area contributed by atoms with Crippen molar-refractivity contribution < 1.29 is 43.2 Å². The van der Waals surface area contributed by atoms with Crippen LogP contribution in [0.15, 0.2) is 58.3 Å². The second-order valence-corrected chi connectivity index (χ2v) is 11.4. The molecule has 0 atom stereocenters. The molecule has 0 saturated heterocycles. The fourth-order valence-electron chi connectivity index (χ4n) is 3.27. The lowest BCUT2D eigenvalue weighted by Crippen LogP contribution is -2.42. The Balaban J connectivity index is 1.60. The van der Waals surface area contributed by atoms with Crippen molar-refractivity contribution in [2.75, 3.05) is 6.54 Å². The molecule has 1 aliphatic rings. The molecule has 0 amide bonds. The summed E-state index contributed by atoms with van der Waals surface area (Å²) >= 11 is 0. The zero-order valence-electron chi connectivity index (χ0n) is 16.1. The summed E-state index contributed by atoms with van der Waals surface area (Å²) in [5.41, 5.74) is -2.09. The van der Waals surface area contributed by atoms with Crippen LogP contribution in [-0.4, -0.2) is 28.6 Å². The fourth-order valence-corrected chi connectivity index (χ4v) is 6.38. The van der Waals surface area contributed by atoms with E-state index in [1.165, 1.54) is 0 Å². The average molecular weight is 501 g/mol. The van der Waals surface area contributed by atoms with Crippen molar-refractivity contribution >= 4 is 19.9 Å². The summed E-state index contributed by atoms with van der Waals surface area (Å²) in [6, 6.07) is 6.30. The Morgan fingerprint density at radius 2 is 1.34 bits per heavy atom. The standard InChI is InChI=1S/C19H17F6NO4S2/c20-18(21,22)13-4-6-15(7-5-13)32(29,30)26-11-12-8-17(9-12)31(27,28)16-3-1-2-14(10-16)19(23,24)25/h1-7,10,12,17,26H,8-9,11H2. The van der Waals surface area contributed by atoms with Crippen molar-refractivity contribution in [3.63, 3.8) is 0 Å². The first-order valence-electron chi connectivity index (χ1n) is 9.19. The number of sulfonamides is 1. The van der Waals surface area contributed by atoms with Crippen molar-refractivity contribution in [1.82, 2.24) is 4.72 Å². The largest absolute Gasteiger partial charge is 0.416 e. The molecule has 1 aliphatic carbocycles. The van der Waals surface area contributed by atoms with Crippen molar-refractivity contribution in [1.29, 1.82) is 0 Å². The lowest BCUT2D eigenvalue weighted by atomic mass is 9.85. The highest BCUT2D eigenvalue weighted by Gasteiger charge is 2.41. The van der Waals surface area contributed by atoms with E-state index in [4.69, 9.17) is 0 Å². The van der Waals surface area contributed by atoms with Crippen LogP contribution in [0.1, 0.15) is 24.0 Å². The molecule has 0 unspecified atom stereocenters. The van der Waals surface area contributed by atoms with Crippen LogP contribution in [0.2, 0.25) is 0 Å². The quantitative estimate of drug-likeness (QED) is 0.600. The first-order chi connectivity index (χ1) is 14.6. The number of halogens is 6. The smallest absolute Gasteiger partial charge is 0.223 e. The normalized spacial score (nSPS) is 20.1. The molecule has 2 aromatic carbocycles. The van der Waals surface area contributed by atoms with Crippen LogP contribution in [0, 0.1) is 5.92 Å². The van der Waals surface area contributed by atoms with Crippen LogP contribution < -0.4 is 4.72 Å². The van der Waals surface area contributed by atoms with E-state index in [0.29, 0.717) is 18.2 Å². The van der Waals surface area contributed by atoms with E-state index in [-0.39, 0.29) is 30.2 Å². The van der Waals surface area contributed by atoms with Gasteiger partial charge in [0.25, 0.3) is 0 Å². The van der Waals surface area contributed by atoms with Gasteiger partial charge in [0.15, 0.2) is 9.84 Å². The van der Waals surface area contributed by atoms with Crippen LogP contribution in [0.4, 0.5) is 26.3 Å². The number of rotatable bonds is 6. The third-order valence-electron chi connectivity index (χ3n) is 5.18. The summed E-state index contributed by atoms with van der Waals surface area (Å²) in [4.78, 5) is -0.834. The number of hydrogen-bond donors (Lipinski definition) is 1. The molecule has 1 N–H and O–H groups in total. The van der Waals surface area contributed by atoms with E-state index >= 15 is 0 Å². The fraction of sp³-hybridized carbons (Fsp3) is 0.368. The lowest BCUT2D eigenvalue weighted by Gasteiger charge is -2.34. The van der Waals surface area contributed by atoms with Gasteiger partial charge < -0.3 is 0 Å². The molecule has 0 bridgehead atoms. The first kappa shape index (κ1) is 24.5. The number of alkyl halides is 6. The zero-order chi connectivity index (χ0) is 23.9. The molecule has 5 nitrogen and oxygen atoms in total. The van der Waals surface area contributed by atoms with E-state index in [2.05, 4.69) is 4.72 Å². The minimum Gasteiger partial charge on any atom is -0.223 e. The molecule has 3 rings (SSSR count). The van der Waals surface area contributed by atoms with E-state index in [0.717, 1.165) is 30.3 Å². The summed E-state index contributed by atoms with van der Waals surface area (Å²) < 4.78 is 128. The molecule has 0 spiro atoms. The maximum absolute atomic E-state index is 12.8. The number of hydrogen-bond acceptors (Lipinski definition) is 4. The van der Waals surface area contributed by atoms with Gasteiger partial charge in [0, 0.05) is 6.54 Å². The minimum absolute atomic E-state index is 0.0358. The van der Waals surface area contributed by atoms with Crippen LogP contribution >= 0.6 is 0 Å². The van der Waals surface area contributed by atoms with Gasteiger partial charge in [-0.25, -0.2) is 21.6 Å². The Bertz CT molecular complexity index is 1180. The Hall–Kier alpha value is -2.12. The number of sulfone groups is 1. The SMILES string of the molecule is O=S(=O)(NCC1CC(S(=O)(=O)c2cccc(C(F)(F)F)c2)C1)c1ccc(C(F)(F)F)cc1. The Labute approximate surface area is 180 Å². The van der Waals surface area contributed by atoms with Gasteiger partial charge in [-0.1, -0.05) is 6.07 Å². The van der Waals surface area contributed by atoms with E-state index in [1.54, 1.807) is 0 Å². The molecule has 0 radical (unpaired) electrons. The third kappa shape index (κ3) is 5.26. The van der Waals surface area contributed by atoms with Gasteiger partial charge in [0.1, 0.15) is 0 Å². The van der Waals surface area contributed by atoms with Gasteiger partial charge in [-0.2, -0.15) is 26.3 Å². The molecule has 1 fully saturated rings. The van der Waals surface area contributed by atoms with Crippen molar-refractivity contribution in [2.45, 2.75) is 40.2 Å². The molecular formula is C19H17F6NO4S2. The molecule has 1 saturated carbocycles. The zero-order valence-corrected chi connectivity index (χ0v) is 17.7. The predicted octanol–water partition coefficient (Wildman–Crippen LogP) is 4.26. The molecule has 176 valence electrons. The summed E-state index contributed by atoms with van der Waals surface area (Å²) in [6.45, 7) is -0.155. The van der Waals surface area contributed by atoms with E-state index in [1.807, 2.05) is 0 Å². The summed E-state index contributed by atoms with van der Waals surface area (Å²) in [7, 11) is -8.14. The Kier molecular flexibility index (Phi) is 6.39. The Morgan fingerprint density at radius 3 is 1.88 bits per heavy atom. The monoisotopic (exact) mass is 501 g/mol. The minimum atomic E-state index is -4.69. The van der Waals surface area contributed by atoms with E-state index in [9.17, 15) is 43.2 Å². The highest BCUT2D eigenvalue weighted by Crippen LogP contribution is 2.38. The molecule has 2 aromatic rings. The van der Waals surface area contributed by atoms with Crippen LogP contribution in [0.3, 0.4) is 0 Å². The van der Waals surface area contributed by atoms with E-state index < -0.39 is 53.5 Å². The maximum Gasteiger partial charge on any atom is 0.416 e. The topological polar surface area (TPSA) is 80.3 Å². The maximum atomic E-state index is 12.8. The van der Waals surface area contributed by atoms with Gasteiger partial charge in [-0.15, -0.1) is 0 Å². The lowest BCUT2D eigenvalue weighted by molar-refractivity contribution is -0.138. The highest BCUT2D eigenvalue weighted by molar-refractivity contribution is 7.92. The number of benzene rings is 2. The van der Waals surface area contributed by atoms with Crippen LogP contribution in [0.5, 0.6) is 0 Å². The second kappa shape index (κ2) is 8.34. The second-order valence-electron chi connectivity index (χ2n) is 7.40. The van der Waals surface area contributed by atoms with Gasteiger partial charge in [0.2, 0.25) is 10.0 Å². The molecule has 32 heavy (non-hydrogen) atoms. The van der Waals surface area contributed by atoms with Crippen molar-refractivity contribution in [3.05, 3.63) is 59.7 Å². The summed E-state index contributed by atoms with van der Waals surface area (Å²) in [5.74, 6) is -0.384. The highest BCUT2D eigenvalue weighted by atomic mass is 32.2. The van der Waals surface area contributed by atoms with Crippen molar-refractivity contribution in [2.24, 2.45) is 5.92 Å². The van der Waals surface area contributed by atoms with Gasteiger partial charge >= 0.3 is 12.4 Å². The van der Waals surface area contributed by atoms with Gasteiger partial charge in [0.05, 0.1) is 26.2 Å². The van der Waals surface area contributed by atoms with Crippen molar-refractivity contribution in [3.8, 4) is 0 Å². The molecule has 0 heterocycles.